The maximum absolute atomic E-state index is 11.8. The van der Waals surface area contributed by atoms with Crippen molar-refractivity contribution in [2.24, 2.45) is 11.8 Å². The Kier molecular flexibility index (Phi) is 3.48. The summed E-state index contributed by atoms with van der Waals surface area (Å²) >= 11 is 5.78. The fraction of sp³-hybridized carbons (Fsp3) is 0.385. The molecule has 0 saturated heterocycles. The molecule has 0 spiro atoms. The highest BCUT2D eigenvalue weighted by atomic mass is 35.5. The average Bonchev–Trinajstić information content (AvgIpc) is 2.64. The molecule has 1 N–H and O–H groups in total. The van der Waals surface area contributed by atoms with Crippen LogP contribution in [-0.4, -0.2) is 16.9 Å². The fourth-order valence-corrected chi connectivity index (χ4v) is 2.42. The van der Waals surface area contributed by atoms with E-state index >= 15 is 0 Å². The van der Waals surface area contributed by atoms with Crippen LogP contribution in [0.15, 0.2) is 24.3 Å². The zero-order valence-corrected chi connectivity index (χ0v) is 9.98. The molecule has 3 nitrogen and oxygen atoms in total. The van der Waals surface area contributed by atoms with E-state index in [9.17, 15) is 9.59 Å². The minimum absolute atomic E-state index is 0.132. The van der Waals surface area contributed by atoms with Gasteiger partial charge >= 0.3 is 5.97 Å². The van der Waals surface area contributed by atoms with Gasteiger partial charge in [0.05, 0.1) is 0 Å². The first kappa shape index (κ1) is 12.1. The minimum atomic E-state index is -0.992. The van der Waals surface area contributed by atoms with E-state index in [0.29, 0.717) is 24.3 Å². The summed E-state index contributed by atoms with van der Waals surface area (Å²) in [4.78, 5) is 22.6. The molecule has 1 fully saturated rings. The molecule has 0 radical (unpaired) electrons. The summed E-state index contributed by atoms with van der Waals surface area (Å²) in [5.41, 5.74) is 1.03. The normalized spacial score (nSPS) is 23.9. The number of rotatable bonds is 3. The van der Waals surface area contributed by atoms with E-state index < -0.39 is 11.9 Å². The Balaban J connectivity index is 2.03. The molecule has 1 aliphatic rings. The van der Waals surface area contributed by atoms with Crippen molar-refractivity contribution in [3.63, 3.8) is 0 Å². The Morgan fingerprint density at radius 2 is 1.94 bits per heavy atom. The van der Waals surface area contributed by atoms with Gasteiger partial charge in [-0.2, -0.15) is 0 Å². The van der Waals surface area contributed by atoms with Crippen LogP contribution in [0.3, 0.4) is 0 Å². The maximum atomic E-state index is 11.8. The molecule has 0 aromatic heterocycles. The van der Waals surface area contributed by atoms with Crippen LogP contribution in [0.5, 0.6) is 0 Å². The summed E-state index contributed by atoms with van der Waals surface area (Å²) in [6, 6.07) is 7.32. The molecule has 2 rings (SSSR count). The van der Waals surface area contributed by atoms with Gasteiger partial charge in [0.15, 0.2) is 0 Å². The van der Waals surface area contributed by atoms with Crippen molar-refractivity contribution in [3.05, 3.63) is 34.9 Å². The third-order valence-electron chi connectivity index (χ3n) is 3.24. The molecule has 1 aliphatic carbocycles. The van der Waals surface area contributed by atoms with E-state index in [4.69, 9.17) is 16.7 Å². The standard InChI is InChI=1S/C13H13ClO3/c14-10-4-1-8(2-5-10)7-9-3-6-11(12(9)15)13(16)17/h1-2,4-5,9,11H,3,6-7H2,(H,16,17). The van der Waals surface area contributed by atoms with Crippen LogP contribution in [0.25, 0.3) is 0 Å². The number of Topliss-reactive ketones (excluding diaryl/α,β-unsaturated/α-hetero) is 1. The Morgan fingerprint density at radius 3 is 2.47 bits per heavy atom. The molecule has 0 bridgehead atoms. The van der Waals surface area contributed by atoms with Crippen molar-refractivity contribution in [1.29, 1.82) is 0 Å². The molecule has 1 saturated carbocycles. The van der Waals surface area contributed by atoms with E-state index in [2.05, 4.69) is 0 Å². The van der Waals surface area contributed by atoms with E-state index in [1.54, 1.807) is 12.1 Å². The second-order valence-electron chi connectivity index (χ2n) is 4.40. The number of halogens is 1. The SMILES string of the molecule is O=C(O)C1CCC(Cc2ccc(Cl)cc2)C1=O. The predicted molar refractivity (Wildman–Crippen MR) is 64.0 cm³/mol. The summed E-state index contributed by atoms with van der Waals surface area (Å²) in [5.74, 6) is -2.08. The van der Waals surface area contributed by atoms with Gasteiger partial charge in [-0.15, -0.1) is 0 Å². The molecule has 0 amide bonds. The number of benzene rings is 1. The van der Waals surface area contributed by atoms with Crippen molar-refractivity contribution in [2.45, 2.75) is 19.3 Å². The van der Waals surface area contributed by atoms with Crippen molar-refractivity contribution in [1.82, 2.24) is 0 Å². The van der Waals surface area contributed by atoms with E-state index in [1.807, 2.05) is 12.1 Å². The summed E-state index contributed by atoms with van der Waals surface area (Å²) in [5, 5.41) is 9.53. The molecule has 2 unspecified atom stereocenters. The van der Waals surface area contributed by atoms with Gasteiger partial charge < -0.3 is 5.11 Å². The Labute approximate surface area is 104 Å². The van der Waals surface area contributed by atoms with Crippen molar-refractivity contribution in [2.75, 3.05) is 0 Å². The predicted octanol–water partition coefficient (Wildman–Crippen LogP) is 2.56. The molecule has 4 heteroatoms. The van der Waals surface area contributed by atoms with Crippen LogP contribution in [0, 0.1) is 11.8 Å². The van der Waals surface area contributed by atoms with Crippen molar-refractivity contribution < 1.29 is 14.7 Å². The molecule has 1 aromatic rings. The largest absolute Gasteiger partial charge is 0.481 e. The highest BCUT2D eigenvalue weighted by Crippen LogP contribution is 2.30. The van der Waals surface area contributed by atoms with Crippen LogP contribution in [0.2, 0.25) is 5.02 Å². The Hall–Kier alpha value is -1.35. The topological polar surface area (TPSA) is 54.4 Å². The maximum Gasteiger partial charge on any atom is 0.314 e. The highest BCUT2D eigenvalue weighted by Gasteiger charge is 2.38. The van der Waals surface area contributed by atoms with Crippen LogP contribution in [-0.2, 0) is 16.0 Å². The summed E-state index contributed by atoms with van der Waals surface area (Å²) < 4.78 is 0. The second kappa shape index (κ2) is 4.88. The number of ketones is 1. The Morgan fingerprint density at radius 1 is 1.29 bits per heavy atom. The van der Waals surface area contributed by atoms with Gasteiger partial charge in [-0.05, 0) is 37.0 Å². The van der Waals surface area contributed by atoms with E-state index in [1.165, 1.54) is 0 Å². The number of hydrogen-bond donors (Lipinski definition) is 1. The first-order valence-corrected chi connectivity index (χ1v) is 5.96. The number of hydrogen-bond acceptors (Lipinski definition) is 2. The van der Waals surface area contributed by atoms with Crippen LogP contribution in [0.4, 0.5) is 0 Å². The van der Waals surface area contributed by atoms with Gasteiger partial charge in [0.2, 0.25) is 0 Å². The number of carbonyl (C=O) groups excluding carboxylic acids is 1. The van der Waals surface area contributed by atoms with E-state index in [-0.39, 0.29) is 11.7 Å². The van der Waals surface area contributed by atoms with Gasteiger partial charge in [-0.3, -0.25) is 9.59 Å². The zero-order chi connectivity index (χ0) is 12.4. The van der Waals surface area contributed by atoms with Crippen LogP contribution in [0.1, 0.15) is 18.4 Å². The third kappa shape index (κ3) is 2.67. The minimum Gasteiger partial charge on any atom is -0.481 e. The first-order chi connectivity index (χ1) is 8.08. The van der Waals surface area contributed by atoms with Gasteiger partial charge in [0.1, 0.15) is 11.7 Å². The number of carbonyl (C=O) groups is 2. The van der Waals surface area contributed by atoms with Gasteiger partial charge in [-0.1, -0.05) is 23.7 Å². The smallest absolute Gasteiger partial charge is 0.314 e. The molecule has 0 heterocycles. The van der Waals surface area contributed by atoms with Gasteiger partial charge in [-0.25, -0.2) is 0 Å². The van der Waals surface area contributed by atoms with Gasteiger partial charge in [0, 0.05) is 10.9 Å². The zero-order valence-electron chi connectivity index (χ0n) is 9.23. The lowest BCUT2D eigenvalue weighted by Crippen LogP contribution is -2.22. The third-order valence-corrected chi connectivity index (χ3v) is 3.50. The monoisotopic (exact) mass is 252 g/mol. The van der Waals surface area contributed by atoms with Crippen LogP contribution < -0.4 is 0 Å². The molecule has 90 valence electrons. The first-order valence-electron chi connectivity index (χ1n) is 5.59. The lowest BCUT2D eigenvalue weighted by Gasteiger charge is -2.08. The van der Waals surface area contributed by atoms with Crippen molar-refractivity contribution in [3.8, 4) is 0 Å². The molecular weight excluding hydrogens is 240 g/mol. The lowest BCUT2D eigenvalue weighted by atomic mass is 9.95. The van der Waals surface area contributed by atoms with Crippen molar-refractivity contribution >= 4 is 23.4 Å². The highest BCUT2D eigenvalue weighted by molar-refractivity contribution is 6.30. The summed E-state index contributed by atoms with van der Waals surface area (Å²) in [7, 11) is 0. The molecule has 2 atom stereocenters. The molecular formula is C13H13ClO3. The quantitative estimate of drug-likeness (QED) is 0.842. The number of aliphatic carboxylic acids is 1. The van der Waals surface area contributed by atoms with E-state index in [0.717, 1.165) is 5.56 Å². The Bertz CT molecular complexity index is 438. The van der Waals surface area contributed by atoms with Gasteiger partial charge in [0.25, 0.3) is 0 Å². The summed E-state index contributed by atoms with van der Waals surface area (Å²) in [6.07, 6.45) is 1.74. The average molecular weight is 253 g/mol. The molecule has 0 aliphatic heterocycles. The fourth-order valence-electron chi connectivity index (χ4n) is 2.29. The second-order valence-corrected chi connectivity index (χ2v) is 4.83. The molecule has 17 heavy (non-hydrogen) atoms. The molecule has 1 aromatic carbocycles. The number of carboxylic acid groups (broad SMARTS) is 1. The van der Waals surface area contributed by atoms with Crippen LogP contribution >= 0.6 is 11.6 Å². The lowest BCUT2D eigenvalue weighted by molar-refractivity contribution is -0.145. The number of carboxylic acids is 1. The summed E-state index contributed by atoms with van der Waals surface area (Å²) in [6.45, 7) is 0.